The number of carbonyl (C=O) groups is 1. The van der Waals surface area contributed by atoms with E-state index in [1.165, 1.54) is 19.3 Å². The van der Waals surface area contributed by atoms with Crippen LogP contribution in [-0.2, 0) is 9.53 Å². The summed E-state index contributed by atoms with van der Waals surface area (Å²) < 4.78 is 4.99. The van der Waals surface area contributed by atoms with Crippen LogP contribution < -0.4 is 0 Å². The first kappa shape index (κ1) is 13.5. The lowest BCUT2D eigenvalue weighted by atomic mass is 9.91. The number of hydrogen-bond acceptors (Lipinski definition) is 4. The van der Waals surface area contributed by atoms with Crippen molar-refractivity contribution in [2.24, 2.45) is 5.92 Å². The molecule has 1 aliphatic carbocycles. The minimum Gasteiger partial charge on any atom is -0.466 e. The van der Waals surface area contributed by atoms with Crippen LogP contribution in [0, 0.1) is 5.92 Å². The lowest BCUT2D eigenvalue weighted by molar-refractivity contribution is -0.148. The van der Waals surface area contributed by atoms with Gasteiger partial charge in [-0.25, -0.2) is 0 Å². The maximum absolute atomic E-state index is 11.5. The second-order valence-electron chi connectivity index (χ2n) is 4.46. The molecule has 1 rings (SSSR count). The van der Waals surface area contributed by atoms with Crippen molar-refractivity contribution in [2.75, 3.05) is 26.3 Å². The number of nitrogens with zero attached hydrogens (tertiary/aromatic N) is 1. The zero-order chi connectivity index (χ0) is 12.0. The van der Waals surface area contributed by atoms with Crippen LogP contribution in [0.25, 0.3) is 0 Å². The van der Waals surface area contributed by atoms with Gasteiger partial charge in [-0.3, -0.25) is 9.69 Å². The van der Waals surface area contributed by atoms with Crippen LogP contribution >= 0.6 is 0 Å². The average molecular weight is 229 g/mol. The molecule has 1 unspecified atom stereocenters. The Hall–Kier alpha value is -0.610. The van der Waals surface area contributed by atoms with Gasteiger partial charge in [-0.1, -0.05) is 13.3 Å². The van der Waals surface area contributed by atoms with Gasteiger partial charge in [0.15, 0.2) is 0 Å². The molecule has 0 radical (unpaired) electrons. The molecule has 0 saturated heterocycles. The van der Waals surface area contributed by atoms with Crippen LogP contribution in [0.15, 0.2) is 0 Å². The number of aliphatic hydroxyl groups is 1. The van der Waals surface area contributed by atoms with Gasteiger partial charge in [-0.05, 0) is 19.8 Å². The summed E-state index contributed by atoms with van der Waals surface area (Å²) in [7, 11) is 0. The van der Waals surface area contributed by atoms with Crippen molar-refractivity contribution in [1.29, 1.82) is 0 Å². The predicted octanol–water partition coefficient (Wildman–Crippen LogP) is 1.03. The van der Waals surface area contributed by atoms with E-state index in [0.717, 1.165) is 0 Å². The number of esters is 1. The highest BCUT2D eigenvalue weighted by Crippen LogP contribution is 2.25. The fraction of sp³-hybridized carbons (Fsp3) is 0.917. The largest absolute Gasteiger partial charge is 0.466 e. The van der Waals surface area contributed by atoms with Crippen LogP contribution in [0.4, 0.5) is 0 Å². The van der Waals surface area contributed by atoms with Crippen LogP contribution in [0.3, 0.4) is 0 Å². The van der Waals surface area contributed by atoms with Crippen molar-refractivity contribution < 1.29 is 14.6 Å². The van der Waals surface area contributed by atoms with Crippen LogP contribution in [0.5, 0.6) is 0 Å². The minimum atomic E-state index is -0.134. The van der Waals surface area contributed by atoms with Crippen LogP contribution in [-0.4, -0.2) is 48.3 Å². The van der Waals surface area contributed by atoms with Crippen molar-refractivity contribution in [2.45, 2.75) is 39.2 Å². The van der Waals surface area contributed by atoms with Gasteiger partial charge in [0.1, 0.15) is 0 Å². The highest BCUT2D eigenvalue weighted by Gasteiger charge is 2.27. The Morgan fingerprint density at radius 3 is 2.69 bits per heavy atom. The van der Waals surface area contributed by atoms with Gasteiger partial charge in [0.25, 0.3) is 0 Å². The lowest BCUT2D eigenvalue weighted by Gasteiger charge is -2.38. The molecule has 0 aromatic rings. The van der Waals surface area contributed by atoms with E-state index in [1.54, 1.807) is 0 Å². The molecule has 1 fully saturated rings. The molecule has 1 N–H and O–H groups in total. The third-order valence-electron chi connectivity index (χ3n) is 3.18. The third-order valence-corrected chi connectivity index (χ3v) is 3.18. The summed E-state index contributed by atoms with van der Waals surface area (Å²) in [6.45, 7) is 5.67. The number of hydrogen-bond donors (Lipinski definition) is 1. The topological polar surface area (TPSA) is 49.8 Å². The quantitative estimate of drug-likeness (QED) is 0.663. The predicted molar refractivity (Wildman–Crippen MR) is 62.1 cm³/mol. The Kier molecular flexibility index (Phi) is 5.77. The Morgan fingerprint density at radius 2 is 2.25 bits per heavy atom. The fourth-order valence-electron chi connectivity index (χ4n) is 2.01. The summed E-state index contributed by atoms with van der Waals surface area (Å²) in [6, 6.07) is 0.559. The maximum atomic E-state index is 11.5. The molecule has 0 aromatic carbocycles. The molecule has 0 aliphatic heterocycles. The standard InChI is InChI=1S/C12H23NO3/c1-3-16-12(15)10(2)9-13(7-8-14)11-5-4-6-11/h10-11,14H,3-9H2,1-2H3. The summed E-state index contributed by atoms with van der Waals surface area (Å²) in [6.07, 6.45) is 3.64. The van der Waals surface area contributed by atoms with Crippen molar-refractivity contribution >= 4 is 5.97 Å². The normalized spacial score (nSPS) is 18.2. The molecule has 0 spiro atoms. The fourth-order valence-corrected chi connectivity index (χ4v) is 2.01. The van der Waals surface area contributed by atoms with Gasteiger partial charge in [0.2, 0.25) is 0 Å². The van der Waals surface area contributed by atoms with E-state index >= 15 is 0 Å². The first-order valence-electron chi connectivity index (χ1n) is 6.20. The molecule has 4 heteroatoms. The molecule has 1 saturated carbocycles. The van der Waals surface area contributed by atoms with Gasteiger partial charge >= 0.3 is 5.97 Å². The first-order valence-corrected chi connectivity index (χ1v) is 6.20. The molecule has 1 atom stereocenters. The number of carbonyl (C=O) groups excluding carboxylic acids is 1. The van der Waals surface area contributed by atoms with E-state index in [9.17, 15) is 4.79 Å². The second kappa shape index (κ2) is 6.86. The Morgan fingerprint density at radius 1 is 1.56 bits per heavy atom. The van der Waals surface area contributed by atoms with E-state index in [4.69, 9.17) is 9.84 Å². The van der Waals surface area contributed by atoms with E-state index in [2.05, 4.69) is 4.90 Å². The molecule has 16 heavy (non-hydrogen) atoms. The first-order chi connectivity index (χ1) is 7.69. The van der Waals surface area contributed by atoms with Gasteiger partial charge in [-0.15, -0.1) is 0 Å². The summed E-state index contributed by atoms with van der Waals surface area (Å²) in [5, 5.41) is 9.00. The SMILES string of the molecule is CCOC(=O)C(C)CN(CCO)C1CCC1. The van der Waals surface area contributed by atoms with Gasteiger partial charge in [0.05, 0.1) is 19.1 Å². The third kappa shape index (κ3) is 3.76. The Bertz CT molecular complexity index is 216. The molecule has 0 amide bonds. The number of rotatable bonds is 7. The van der Waals surface area contributed by atoms with E-state index in [1.807, 2.05) is 13.8 Å². The molecule has 0 aromatic heterocycles. The number of aliphatic hydroxyl groups excluding tert-OH is 1. The highest BCUT2D eigenvalue weighted by atomic mass is 16.5. The van der Waals surface area contributed by atoms with Crippen molar-refractivity contribution in [3.63, 3.8) is 0 Å². The van der Waals surface area contributed by atoms with Gasteiger partial charge < -0.3 is 9.84 Å². The maximum Gasteiger partial charge on any atom is 0.309 e. The minimum absolute atomic E-state index is 0.105. The van der Waals surface area contributed by atoms with Crippen molar-refractivity contribution in [3.8, 4) is 0 Å². The zero-order valence-electron chi connectivity index (χ0n) is 10.3. The molecule has 94 valence electrons. The van der Waals surface area contributed by atoms with Gasteiger partial charge in [0, 0.05) is 19.1 Å². The average Bonchev–Trinajstić information content (AvgIpc) is 2.15. The van der Waals surface area contributed by atoms with E-state index in [0.29, 0.717) is 25.7 Å². The zero-order valence-corrected chi connectivity index (χ0v) is 10.3. The highest BCUT2D eigenvalue weighted by molar-refractivity contribution is 5.72. The summed E-state index contributed by atoms with van der Waals surface area (Å²) in [5.41, 5.74) is 0. The van der Waals surface area contributed by atoms with Gasteiger partial charge in [-0.2, -0.15) is 0 Å². The molecule has 4 nitrogen and oxygen atoms in total. The lowest BCUT2D eigenvalue weighted by Crippen LogP contribution is -2.45. The van der Waals surface area contributed by atoms with E-state index in [-0.39, 0.29) is 18.5 Å². The summed E-state index contributed by atoms with van der Waals surface area (Å²) >= 11 is 0. The molecule has 0 heterocycles. The molecule has 0 bridgehead atoms. The monoisotopic (exact) mass is 229 g/mol. The smallest absolute Gasteiger partial charge is 0.309 e. The van der Waals surface area contributed by atoms with Crippen molar-refractivity contribution in [1.82, 2.24) is 4.90 Å². The van der Waals surface area contributed by atoms with Crippen molar-refractivity contribution in [3.05, 3.63) is 0 Å². The molecular weight excluding hydrogens is 206 g/mol. The summed E-state index contributed by atoms with van der Waals surface area (Å²) in [4.78, 5) is 13.7. The Labute approximate surface area is 97.6 Å². The van der Waals surface area contributed by atoms with Crippen LogP contribution in [0.2, 0.25) is 0 Å². The molecule has 1 aliphatic rings. The Balaban J connectivity index is 2.37. The second-order valence-corrected chi connectivity index (χ2v) is 4.46. The molecular formula is C12H23NO3. The summed E-state index contributed by atoms with van der Waals surface area (Å²) in [5.74, 6) is -0.239. The van der Waals surface area contributed by atoms with Crippen LogP contribution in [0.1, 0.15) is 33.1 Å². The van der Waals surface area contributed by atoms with E-state index < -0.39 is 0 Å². The number of ether oxygens (including phenoxy) is 1.